The Hall–Kier alpha value is -2.77. The highest BCUT2D eigenvalue weighted by Gasteiger charge is 2.21. The minimum atomic E-state index is -0.574. The molecule has 0 aromatic heterocycles. The number of nitro groups is 1. The highest BCUT2D eigenvalue weighted by Crippen LogP contribution is 2.22. The highest BCUT2D eigenvalue weighted by molar-refractivity contribution is 5.90. The number of esters is 1. The molecule has 7 nitrogen and oxygen atoms in total. The number of hydrogen-bond donors (Lipinski definition) is 1. The number of methoxy groups -OCH3 is 1. The molecule has 154 valence electrons. The first-order valence-electron chi connectivity index (χ1n) is 9.92. The highest BCUT2D eigenvalue weighted by atomic mass is 16.6. The molecule has 0 radical (unpaired) electrons. The van der Waals surface area contributed by atoms with Gasteiger partial charge >= 0.3 is 5.97 Å². The second-order valence-corrected chi connectivity index (χ2v) is 7.32. The van der Waals surface area contributed by atoms with Gasteiger partial charge in [-0.1, -0.05) is 36.4 Å². The van der Waals surface area contributed by atoms with Gasteiger partial charge in [-0.25, -0.2) is 4.79 Å². The van der Waals surface area contributed by atoms with E-state index in [9.17, 15) is 14.9 Å². The number of ether oxygens (including phenoxy) is 1. The molecule has 0 spiro atoms. The molecule has 1 aliphatic rings. The van der Waals surface area contributed by atoms with Gasteiger partial charge in [0.25, 0.3) is 5.69 Å². The van der Waals surface area contributed by atoms with Gasteiger partial charge < -0.3 is 15.0 Å². The maximum absolute atomic E-state index is 11.6. The van der Waals surface area contributed by atoms with Crippen LogP contribution in [0.15, 0.2) is 48.5 Å². The molecule has 7 heteroatoms. The van der Waals surface area contributed by atoms with Crippen LogP contribution in [-0.4, -0.2) is 48.6 Å². The van der Waals surface area contributed by atoms with E-state index < -0.39 is 10.9 Å². The van der Waals surface area contributed by atoms with E-state index in [0.29, 0.717) is 18.2 Å². The Bertz CT molecular complexity index is 833. The number of benzene rings is 2. The van der Waals surface area contributed by atoms with Gasteiger partial charge in [0.1, 0.15) is 0 Å². The molecule has 2 aromatic rings. The van der Waals surface area contributed by atoms with E-state index in [0.717, 1.165) is 38.9 Å². The van der Waals surface area contributed by atoms with Crippen molar-refractivity contribution in [3.63, 3.8) is 0 Å². The predicted octanol–water partition coefficient (Wildman–Crippen LogP) is 3.18. The van der Waals surface area contributed by atoms with Crippen LogP contribution in [0, 0.1) is 10.1 Å². The summed E-state index contributed by atoms with van der Waals surface area (Å²) in [5, 5.41) is 14.8. The van der Waals surface area contributed by atoms with Crippen molar-refractivity contribution < 1.29 is 14.5 Å². The van der Waals surface area contributed by atoms with Crippen molar-refractivity contribution >= 4 is 11.7 Å². The van der Waals surface area contributed by atoms with E-state index in [2.05, 4.69) is 39.2 Å². The standard InChI is InChI=1S/C22H27N3O4/c1-29-22(26)18-7-8-19(21(15-18)25(27)28)16-23-20-10-13-24(14-11-20)12-9-17-5-3-2-4-6-17/h2-8,15,20,23H,9-14,16H2,1H3. The Labute approximate surface area is 170 Å². The van der Waals surface area contributed by atoms with Gasteiger partial charge in [0.05, 0.1) is 17.6 Å². The van der Waals surface area contributed by atoms with Crippen LogP contribution in [0.5, 0.6) is 0 Å². The lowest BCUT2D eigenvalue weighted by atomic mass is 10.0. The van der Waals surface area contributed by atoms with Crippen LogP contribution in [0.3, 0.4) is 0 Å². The summed E-state index contributed by atoms with van der Waals surface area (Å²) in [7, 11) is 1.26. The molecule has 0 atom stereocenters. The van der Waals surface area contributed by atoms with Crippen LogP contribution >= 0.6 is 0 Å². The third-order valence-electron chi connectivity index (χ3n) is 5.43. The molecule has 3 rings (SSSR count). The van der Waals surface area contributed by atoms with Gasteiger partial charge in [0.15, 0.2) is 0 Å². The SMILES string of the molecule is COC(=O)c1ccc(CNC2CCN(CCc3ccccc3)CC2)c([N+](=O)[O-])c1. The van der Waals surface area contributed by atoms with Crippen molar-refractivity contribution in [1.29, 1.82) is 0 Å². The minimum absolute atomic E-state index is 0.0549. The molecule has 0 saturated carbocycles. The first-order chi connectivity index (χ1) is 14.1. The maximum Gasteiger partial charge on any atom is 0.338 e. The fourth-order valence-electron chi connectivity index (χ4n) is 3.67. The first kappa shape index (κ1) is 21.0. The number of carbonyl (C=O) groups is 1. The predicted molar refractivity (Wildman–Crippen MR) is 111 cm³/mol. The van der Waals surface area contributed by atoms with Crippen molar-refractivity contribution in [2.45, 2.75) is 31.8 Å². The topological polar surface area (TPSA) is 84.7 Å². The summed E-state index contributed by atoms with van der Waals surface area (Å²) >= 11 is 0. The number of likely N-dealkylation sites (tertiary alicyclic amines) is 1. The van der Waals surface area contributed by atoms with Crippen LogP contribution in [-0.2, 0) is 17.7 Å². The van der Waals surface area contributed by atoms with Crippen LogP contribution in [0.4, 0.5) is 5.69 Å². The lowest BCUT2D eigenvalue weighted by Crippen LogP contribution is -2.42. The van der Waals surface area contributed by atoms with Gasteiger partial charge in [-0.15, -0.1) is 0 Å². The summed E-state index contributed by atoms with van der Waals surface area (Å²) < 4.78 is 4.64. The third kappa shape index (κ3) is 5.85. The second-order valence-electron chi connectivity index (χ2n) is 7.32. The van der Waals surface area contributed by atoms with Gasteiger partial charge in [0, 0.05) is 30.8 Å². The zero-order valence-corrected chi connectivity index (χ0v) is 16.7. The van der Waals surface area contributed by atoms with Gasteiger partial charge in [-0.05, 0) is 44.0 Å². The Kier molecular flexibility index (Phi) is 7.32. The summed E-state index contributed by atoms with van der Waals surface area (Å²) in [5.41, 5.74) is 2.07. The van der Waals surface area contributed by atoms with Crippen molar-refractivity contribution in [2.75, 3.05) is 26.7 Å². The molecule has 1 fully saturated rings. The summed E-state index contributed by atoms with van der Waals surface area (Å²) in [4.78, 5) is 25.0. The van der Waals surface area contributed by atoms with Crippen molar-refractivity contribution in [2.24, 2.45) is 0 Å². The average Bonchev–Trinajstić information content (AvgIpc) is 2.77. The van der Waals surface area contributed by atoms with Gasteiger partial charge in [-0.2, -0.15) is 0 Å². The molecule has 2 aromatic carbocycles. The van der Waals surface area contributed by atoms with Crippen molar-refractivity contribution in [3.8, 4) is 0 Å². The van der Waals surface area contributed by atoms with Gasteiger partial charge in [0.2, 0.25) is 0 Å². The first-order valence-corrected chi connectivity index (χ1v) is 9.92. The fraction of sp³-hybridized carbons (Fsp3) is 0.409. The summed E-state index contributed by atoms with van der Waals surface area (Å²) in [6.45, 7) is 3.51. The number of nitrogens with one attached hydrogen (secondary N) is 1. The van der Waals surface area contributed by atoms with Crippen LogP contribution in [0.25, 0.3) is 0 Å². The number of piperidine rings is 1. The average molecular weight is 397 g/mol. The summed E-state index contributed by atoms with van der Waals surface area (Å²) in [6, 6.07) is 15.3. The largest absolute Gasteiger partial charge is 0.465 e. The Morgan fingerprint density at radius 1 is 1.21 bits per heavy atom. The summed E-state index contributed by atoms with van der Waals surface area (Å²) in [5.74, 6) is -0.574. The normalized spacial score (nSPS) is 15.2. The van der Waals surface area contributed by atoms with E-state index in [1.54, 1.807) is 12.1 Å². The monoisotopic (exact) mass is 397 g/mol. The Morgan fingerprint density at radius 2 is 1.93 bits per heavy atom. The number of hydrogen-bond acceptors (Lipinski definition) is 6. The number of nitro benzene ring substituents is 1. The molecule has 0 bridgehead atoms. The molecule has 0 aliphatic carbocycles. The number of rotatable bonds is 8. The molecular weight excluding hydrogens is 370 g/mol. The maximum atomic E-state index is 11.6. The molecule has 0 amide bonds. The lowest BCUT2D eigenvalue weighted by molar-refractivity contribution is -0.385. The second kappa shape index (κ2) is 10.1. The van der Waals surface area contributed by atoms with E-state index in [4.69, 9.17) is 0 Å². The molecule has 0 unspecified atom stereocenters. The summed E-state index contributed by atoms with van der Waals surface area (Å²) in [6.07, 6.45) is 3.09. The van der Waals surface area contributed by atoms with Gasteiger partial charge in [-0.3, -0.25) is 10.1 Å². The van der Waals surface area contributed by atoms with E-state index in [1.807, 2.05) is 6.07 Å². The fourth-order valence-corrected chi connectivity index (χ4v) is 3.67. The number of nitrogens with zero attached hydrogens (tertiary/aromatic N) is 2. The zero-order chi connectivity index (χ0) is 20.6. The van der Waals surface area contributed by atoms with E-state index in [1.165, 1.54) is 18.7 Å². The molecule has 1 saturated heterocycles. The molecule has 29 heavy (non-hydrogen) atoms. The van der Waals surface area contributed by atoms with Crippen molar-refractivity contribution in [3.05, 3.63) is 75.3 Å². The molecular formula is C22H27N3O4. The van der Waals surface area contributed by atoms with Crippen LogP contribution in [0.2, 0.25) is 0 Å². The minimum Gasteiger partial charge on any atom is -0.465 e. The lowest BCUT2D eigenvalue weighted by Gasteiger charge is -2.32. The number of carbonyl (C=O) groups excluding carboxylic acids is 1. The van der Waals surface area contributed by atoms with Crippen LogP contribution in [0.1, 0.15) is 34.3 Å². The zero-order valence-electron chi connectivity index (χ0n) is 16.7. The van der Waals surface area contributed by atoms with Crippen molar-refractivity contribution in [1.82, 2.24) is 10.2 Å². The van der Waals surface area contributed by atoms with Crippen LogP contribution < -0.4 is 5.32 Å². The Morgan fingerprint density at radius 3 is 2.59 bits per heavy atom. The molecule has 1 aliphatic heterocycles. The smallest absolute Gasteiger partial charge is 0.338 e. The van der Waals surface area contributed by atoms with E-state index in [-0.39, 0.29) is 11.3 Å². The third-order valence-corrected chi connectivity index (χ3v) is 5.43. The van der Waals surface area contributed by atoms with E-state index >= 15 is 0 Å². The quantitative estimate of drug-likeness (QED) is 0.418. The molecule has 1 heterocycles. The Balaban J connectivity index is 1.48. The molecule has 1 N–H and O–H groups in total.